The molecule has 1 aliphatic heterocycles. The Balaban J connectivity index is 1.65. The average Bonchev–Trinajstić information content (AvgIpc) is 3.25. The highest BCUT2D eigenvalue weighted by Gasteiger charge is 2.24. The molecule has 10 heteroatoms. The summed E-state index contributed by atoms with van der Waals surface area (Å²) in [5, 5.41) is 10.1. The second-order valence-corrected chi connectivity index (χ2v) is 8.55. The molecule has 1 fully saturated rings. The Kier molecular flexibility index (Phi) is 5.42. The van der Waals surface area contributed by atoms with Crippen LogP contribution in [0.1, 0.15) is 28.8 Å². The maximum absolute atomic E-state index is 12.2. The molecule has 8 nitrogen and oxygen atoms in total. The van der Waals surface area contributed by atoms with Gasteiger partial charge in [0.15, 0.2) is 0 Å². The number of carbonyl (C=O) groups excluding carboxylic acids is 1. The molecule has 2 N–H and O–H groups in total. The smallest absolute Gasteiger partial charge is 0.269 e. The summed E-state index contributed by atoms with van der Waals surface area (Å²) >= 11 is 0.806. The first-order chi connectivity index (χ1) is 12.0. The normalized spacial score (nSPS) is 17.6. The third-order valence-electron chi connectivity index (χ3n) is 3.77. The fourth-order valence-electron chi connectivity index (χ4n) is 2.43. The third kappa shape index (κ3) is 4.40. The molecule has 0 bridgehead atoms. The first kappa shape index (κ1) is 17.9. The second kappa shape index (κ2) is 7.56. The molecule has 1 unspecified atom stereocenters. The van der Waals surface area contributed by atoms with Crippen LogP contribution in [0.15, 0.2) is 28.6 Å². The summed E-state index contributed by atoms with van der Waals surface area (Å²) in [6.07, 6.45) is 1.65. The van der Waals surface area contributed by atoms with Crippen molar-refractivity contribution in [3.8, 4) is 0 Å². The Morgan fingerprint density at radius 1 is 1.36 bits per heavy atom. The number of benzene rings is 1. The zero-order valence-corrected chi connectivity index (χ0v) is 15.2. The number of hydrogen-bond donors (Lipinski definition) is 2. The van der Waals surface area contributed by atoms with Crippen molar-refractivity contribution < 1.29 is 17.9 Å². The summed E-state index contributed by atoms with van der Waals surface area (Å²) in [5.74, 6) is -0.356. The molecule has 1 saturated heterocycles. The Bertz CT molecular complexity index is 860. The third-order valence-corrected chi connectivity index (χ3v) is 6.40. The van der Waals surface area contributed by atoms with E-state index in [1.165, 1.54) is 0 Å². The van der Waals surface area contributed by atoms with E-state index < -0.39 is 10.0 Å². The number of anilines is 1. The maximum Gasteiger partial charge on any atom is 0.269 e. The van der Waals surface area contributed by atoms with E-state index in [9.17, 15) is 13.2 Å². The van der Waals surface area contributed by atoms with Crippen molar-refractivity contribution in [1.82, 2.24) is 14.9 Å². The van der Waals surface area contributed by atoms with Crippen molar-refractivity contribution in [1.29, 1.82) is 0 Å². The predicted molar refractivity (Wildman–Crippen MR) is 93.2 cm³/mol. The van der Waals surface area contributed by atoms with Crippen molar-refractivity contribution in [2.45, 2.75) is 30.2 Å². The molecule has 0 aliphatic carbocycles. The Morgan fingerprint density at radius 2 is 2.16 bits per heavy atom. The minimum Gasteiger partial charge on any atom is -0.377 e. The molecule has 1 atom stereocenters. The van der Waals surface area contributed by atoms with Gasteiger partial charge in [-0.15, -0.1) is 10.2 Å². The average molecular weight is 382 g/mol. The van der Waals surface area contributed by atoms with E-state index in [0.29, 0.717) is 12.2 Å². The van der Waals surface area contributed by atoms with Crippen LogP contribution in [-0.4, -0.2) is 43.8 Å². The summed E-state index contributed by atoms with van der Waals surface area (Å²) in [6.45, 7) is 2.67. The monoisotopic (exact) mass is 382 g/mol. The Morgan fingerprint density at radius 3 is 2.88 bits per heavy atom. The number of nitrogens with one attached hydrogen (secondary N) is 2. The molecular formula is C15H18N4O4S2. The fraction of sp³-hybridized carbons (Fsp3) is 0.400. The molecule has 134 valence electrons. The molecule has 1 aromatic heterocycles. The molecule has 2 aromatic rings. The van der Waals surface area contributed by atoms with Crippen molar-refractivity contribution in [2.75, 3.05) is 18.5 Å². The van der Waals surface area contributed by atoms with E-state index in [1.807, 2.05) is 19.1 Å². The van der Waals surface area contributed by atoms with Crippen molar-refractivity contribution in [3.63, 3.8) is 0 Å². The van der Waals surface area contributed by atoms with Crippen LogP contribution in [0.25, 0.3) is 0 Å². The summed E-state index contributed by atoms with van der Waals surface area (Å²) in [6, 6.07) is 7.10. The quantitative estimate of drug-likeness (QED) is 0.734. The lowest BCUT2D eigenvalue weighted by Crippen LogP contribution is -2.31. The highest BCUT2D eigenvalue weighted by Crippen LogP contribution is 2.21. The minimum atomic E-state index is -3.77. The molecule has 0 saturated carbocycles. The van der Waals surface area contributed by atoms with Gasteiger partial charge in [-0.2, -0.15) is 0 Å². The maximum atomic E-state index is 12.2. The zero-order valence-electron chi connectivity index (χ0n) is 13.6. The van der Waals surface area contributed by atoms with Gasteiger partial charge < -0.3 is 4.74 Å². The molecule has 25 heavy (non-hydrogen) atoms. The molecule has 0 radical (unpaired) electrons. The SMILES string of the molecule is Cc1ccccc1C(=O)Nc1nnc(S(=O)(=O)NCC2CCCO2)s1. The van der Waals surface area contributed by atoms with Gasteiger partial charge in [-0.25, -0.2) is 13.1 Å². The van der Waals surface area contributed by atoms with E-state index in [4.69, 9.17) is 4.74 Å². The number of aryl methyl sites for hydroxylation is 1. The van der Waals surface area contributed by atoms with Crippen molar-refractivity contribution in [3.05, 3.63) is 35.4 Å². The number of nitrogens with zero attached hydrogens (tertiary/aromatic N) is 2. The van der Waals surface area contributed by atoms with Gasteiger partial charge in [0.2, 0.25) is 9.47 Å². The first-order valence-corrected chi connectivity index (χ1v) is 10.1. The Hall–Kier alpha value is -1.88. The van der Waals surface area contributed by atoms with Gasteiger partial charge >= 0.3 is 0 Å². The topological polar surface area (TPSA) is 110 Å². The number of amides is 1. The van der Waals surface area contributed by atoms with Gasteiger partial charge in [0.05, 0.1) is 6.10 Å². The standard InChI is InChI=1S/C15H18N4O4S2/c1-10-5-2-3-7-12(10)13(20)17-14-18-19-15(24-14)25(21,22)16-9-11-6-4-8-23-11/h2-3,5,7,11,16H,4,6,8-9H2,1H3,(H,17,18,20). The number of ether oxygens (including phenoxy) is 1. The van der Waals surface area contributed by atoms with Gasteiger partial charge in [-0.3, -0.25) is 10.1 Å². The molecule has 3 rings (SSSR count). The second-order valence-electron chi connectivity index (χ2n) is 5.63. The zero-order chi connectivity index (χ0) is 17.9. The lowest BCUT2D eigenvalue weighted by Gasteiger charge is -2.09. The molecule has 1 amide bonds. The van der Waals surface area contributed by atoms with Crippen molar-refractivity contribution >= 4 is 32.4 Å². The summed E-state index contributed by atoms with van der Waals surface area (Å²) in [4.78, 5) is 12.2. The summed E-state index contributed by atoms with van der Waals surface area (Å²) in [7, 11) is -3.77. The van der Waals surface area contributed by atoms with Crippen LogP contribution in [-0.2, 0) is 14.8 Å². The van der Waals surface area contributed by atoms with Crippen LogP contribution in [0, 0.1) is 6.92 Å². The van der Waals surface area contributed by atoms with Gasteiger partial charge in [-0.1, -0.05) is 29.5 Å². The lowest BCUT2D eigenvalue weighted by atomic mass is 10.1. The van der Waals surface area contributed by atoms with E-state index in [0.717, 1.165) is 29.7 Å². The van der Waals surface area contributed by atoms with Crippen LogP contribution in [0.5, 0.6) is 0 Å². The van der Waals surface area contributed by atoms with E-state index in [2.05, 4.69) is 20.2 Å². The first-order valence-electron chi connectivity index (χ1n) is 7.77. The summed E-state index contributed by atoms with van der Waals surface area (Å²) < 4.78 is 32.1. The van der Waals surface area contributed by atoms with Crippen LogP contribution in [0.3, 0.4) is 0 Å². The number of rotatable bonds is 6. The number of aromatic nitrogens is 2. The largest absolute Gasteiger partial charge is 0.377 e. The van der Waals surface area contributed by atoms with Gasteiger partial charge in [0.1, 0.15) is 0 Å². The summed E-state index contributed by atoms with van der Waals surface area (Å²) in [5.41, 5.74) is 1.31. The molecular weight excluding hydrogens is 364 g/mol. The van der Waals surface area contributed by atoms with Crippen molar-refractivity contribution in [2.24, 2.45) is 0 Å². The van der Waals surface area contributed by atoms with E-state index >= 15 is 0 Å². The highest BCUT2D eigenvalue weighted by atomic mass is 32.2. The van der Waals surface area contributed by atoms with Crippen LogP contribution >= 0.6 is 11.3 Å². The molecule has 1 aromatic carbocycles. The van der Waals surface area contributed by atoms with Crippen LogP contribution < -0.4 is 10.0 Å². The number of carbonyl (C=O) groups is 1. The lowest BCUT2D eigenvalue weighted by molar-refractivity contribution is 0.102. The number of sulfonamides is 1. The minimum absolute atomic E-state index is 0.108. The van der Waals surface area contributed by atoms with E-state index in [1.54, 1.807) is 12.1 Å². The Labute approximate surface area is 149 Å². The van der Waals surface area contributed by atoms with E-state index in [-0.39, 0.29) is 28.0 Å². The number of hydrogen-bond acceptors (Lipinski definition) is 7. The van der Waals surface area contributed by atoms with Gasteiger partial charge in [0, 0.05) is 18.7 Å². The highest BCUT2D eigenvalue weighted by molar-refractivity contribution is 7.91. The van der Waals surface area contributed by atoms with Gasteiger partial charge in [-0.05, 0) is 31.4 Å². The molecule has 2 heterocycles. The molecule has 0 spiro atoms. The van der Waals surface area contributed by atoms with Crippen LogP contribution in [0.4, 0.5) is 5.13 Å². The predicted octanol–water partition coefficient (Wildman–Crippen LogP) is 1.56. The van der Waals surface area contributed by atoms with Gasteiger partial charge in [0.25, 0.3) is 15.9 Å². The molecule has 1 aliphatic rings. The van der Waals surface area contributed by atoms with Crippen LogP contribution in [0.2, 0.25) is 0 Å². The fourth-order valence-corrected chi connectivity index (χ4v) is 4.43.